The van der Waals surface area contributed by atoms with Crippen molar-refractivity contribution in [1.82, 2.24) is 0 Å². The van der Waals surface area contributed by atoms with Crippen molar-refractivity contribution in [2.75, 3.05) is 0 Å². The van der Waals surface area contributed by atoms with Gasteiger partial charge in [-0.3, -0.25) is 0 Å². The summed E-state index contributed by atoms with van der Waals surface area (Å²) in [5, 5.41) is 0. The Morgan fingerprint density at radius 2 is 1.18 bits per heavy atom. The van der Waals surface area contributed by atoms with Gasteiger partial charge in [0.05, 0.1) is 0 Å². The molecule has 0 atom stereocenters. The van der Waals surface area contributed by atoms with Gasteiger partial charge in [-0.25, -0.2) is 0 Å². The second-order valence-corrected chi connectivity index (χ2v) is 5.40. The molecule has 0 nitrogen and oxygen atoms in total. The summed E-state index contributed by atoms with van der Waals surface area (Å²) in [5.41, 5.74) is 4.98. The standard InChI is InChI=1S/C15H16S2/c1-10-3-5-12(14(16)7-10)9-13-6-4-11(2)8-15(13)17/h3-8,16-17H,9H2,1-2H3. The molecule has 0 radical (unpaired) electrons. The Morgan fingerprint density at radius 1 is 0.765 bits per heavy atom. The van der Waals surface area contributed by atoms with Crippen molar-refractivity contribution in [3.8, 4) is 0 Å². The summed E-state index contributed by atoms with van der Waals surface area (Å²) in [6, 6.07) is 12.7. The van der Waals surface area contributed by atoms with Crippen LogP contribution in [0.15, 0.2) is 46.2 Å². The van der Waals surface area contributed by atoms with E-state index in [4.69, 9.17) is 0 Å². The molecular weight excluding hydrogens is 244 g/mol. The zero-order valence-corrected chi connectivity index (χ0v) is 11.9. The average molecular weight is 260 g/mol. The molecule has 0 bridgehead atoms. The number of thiol groups is 2. The number of aryl methyl sites for hydroxylation is 2. The predicted molar refractivity (Wildman–Crippen MR) is 79.7 cm³/mol. The van der Waals surface area contributed by atoms with Gasteiger partial charge < -0.3 is 0 Å². The molecule has 0 aliphatic carbocycles. The largest absolute Gasteiger partial charge is 0.143 e. The van der Waals surface area contributed by atoms with Crippen LogP contribution >= 0.6 is 25.3 Å². The van der Waals surface area contributed by atoms with Crippen LogP contribution in [0.3, 0.4) is 0 Å². The fourth-order valence-electron chi connectivity index (χ4n) is 1.85. The summed E-state index contributed by atoms with van der Waals surface area (Å²) in [7, 11) is 0. The second-order valence-electron chi connectivity index (χ2n) is 4.44. The van der Waals surface area contributed by atoms with Gasteiger partial charge in [-0.05, 0) is 43.5 Å². The topological polar surface area (TPSA) is 0 Å². The van der Waals surface area contributed by atoms with E-state index in [1.54, 1.807) is 0 Å². The highest BCUT2D eigenvalue weighted by Crippen LogP contribution is 2.23. The molecule has 0 fully saturated rings. The molecule has 0 aromatic heterocycles. The normalized spacial score (nSPS) is 10.6. The molecule has 2 aromatic carbocycles. The summed E-state index contributed by atoms with van der Waals surface area (Å²) in [6.45, 7) is 4.17. The Kier molecular flexibility index (Phi) is 3.85. The van der Waals surface area contributed by atoms with Crippen LogP contribution in [0.2, 0.25) is 0 Å². The fourth-order valence-corrected chi connectivity index (χ4v) is 2.57. The first-order chi connectivity index (χ1) is 8.06. The molecule has 2 rings (SSSR count). The fraction of sp³-hybridized carbons (Fsp3) is 0.200. The van der Waals surface area contributed by atoms with Gasteiger partial charge in [0.25, 0.3) is 0 Å². The molecule has 2 heteroatoms. The monoisotopic (exact) mass is 260 g/mol. The van der Waals surface area contributed by atoms with Gasteiger partial charge in [0.15, 0.2) is 0 Å². The summed E-state index contributed by atoms with van der Waals surface area (Å²) in [5.74, 6) is 0. The van der Waals surface area contributed by atoms with E-state index in [9.17, 15) is 0 Å². The molecule has 0 unspecified atom stereocenters. The Morgan fingerprint density at radius 3 is 1.53 bits per heavy atom. The number of hydrogen-bond acceptors (Lipinski definition) is 2. The van der Waals surface area contributed by atoms with Gasteiger partial charge in [0, 0.05) is 9.79 Å². The molecule has 0 amide bonds. The first kappa shape index (κ1) is 12.6. The Bertz CT molecular complexity index is 495. The van der Waals surface area contributed by atoms with E-state index < -0.39 is 0 Å². The van der Waals surface area contributed by atoms with Crippen molar-refractivity contribution < 1.29 is 0 Å². The molecule has 0 aliphatic heterocycles. The third kappa shape index (κ3) is 3.08. The highest BCUT2D eigenvalue weighted by Gasteiger charge is 2.04. The van der Waals surface area contributed by atoms with Crippen LogP contribution in [0.5, 0.6) is 0 Å². The van der Waals surface area contributed by atoms with Crippen molar-refractivity contribution in [3.63, 3.8) is 0 Å². The van der Waals surface area contributed by atoms with Crippen LogP contribution in [0.4, 0.5) is 0 Å². The van der Waals surface area contributed by atoms with E-state index in [0.29, 0.717) is 0 Å². The second kappa shape index (κ2) is 5.19. The number of hydrogen-bond donors (Lipinski definition) is 2. The third-order valence-electron chi connectivity index (χ3n) is 2.86. The van der Waals surface area contributed by atoms with Crippen LogP contribution in [0.1, 0.15) is 22.3 Å². The zero-order valence-electron chi connectivity index (χ0n) is 10.1. The molecule has 2 aromatic rings. The first-order valence-electron chi connectivity index (χ1n) is 5.63. The van der Waals surface area contributed by atoms with Gasteiger partial charge >= 0.3 is 0 Å². The van der Waals surface area contributed by atoms with Crippen LogP contribution in [0.25, 0.3) is 0 Å². The molecule has 0 saturated heterocycles. The zero-order chi connectivity index (χ0) is 12.4. The van der Waals surface area contributed by atoms with Crippen LogP contribution in [0, 0.1) is 13.8 Å². The third-order valence-corrected chi connectivity index (χ3v) is 3.70. The van der Waals surface area contributed by atoms with Gasteiger partial charge in [-0.1, -0.05) is 35.4 Å². The number of benzene rings is 2. The quantitative estimate of drug-likeness (QED) is 0.731. The van der Waals surface area contributed by atoms with E-state index >= 15 is 0 Å². The first-order valence-corrected chi connectivity index (χ1v) is 6.52. The van der Waals surface area contributed by atoms with Crippen molar-refractivity contribution in [3.05, 3.63) is 58.7 Å². The van der Waals surface area contributed by atoms with Crippen molar-refractivity contribution in [1.29, 1.82) is 0 Å². The van der Waals surface area contributed by atoms with E-state index in [1.807, 2.05) is 0 Å². The van der Waals surface area contributed by atoms with Crippen molar-refractivity contribution in [2.24, 2.45) is 0 Å². The lowest BCUT2D eigenvalue weighted by Gasteiger charge is -2.09. The molecule has 0 heterocycles. The minimum absolute atomic E-state index is 0.887. The SMILES string of the molecule is Cc1ccc(Cc2ccc(C)cc2S)c(S)c1. The maximum atomic E-state index is 4.53. The minimum atomic E-state index is 0.887. The average Bonchev–Trinajstić information content (AvgIpc) is 2.25. The van der Waals surface area contributed by atoms with Crippen molar-refractivity contribution in [2.45, 2.75) is 30.1 Å². The Hall–Kier alpha value is -0.860. The van der Waals surface area contributed by atoms with Gasteiger partial charge in [-0.15, -0.1) is 25.3 Å². The maximum Gasteiger partial charge on any atom is 0.00780 e. The number of rotatable bonds is 2. The highest BCUT2D eigenvalue weighted by molar-refractivity contribution is 7.80. The molecular formula is C15H16S2. The van der Waals surface area contributed by atoms with Crippen LogP contribution < -0.4 is 0 Å². The van der Waals surface area contributed by atoms with E-state index in [2.05, 4.69) is 75.5 Å². The summed E-state index contributed by atoms with van der Waals surface area (Å²) in [4.78, 5) is 2.11. The van der Waals surface area contributed by atoms with E-state index in [1.165, 1.54) is 22.3 Å². The minimum Gasteiger partial charge on any atom is -0.143 e. The molecule has 88 valence electrons. The summed E-state index contributed by atoms with van der Waals surface area (Å²) < 4.78 is 0. The lowest BCUT2D eigenvalue weighted by molar-refractivity contribution is 1.08. The van der Waals surface area contributed by atoms with E-state index in [0.717, 1.165) is 16.2 Å². The molecule has 0 N–H and O–H groups in total. The molecule has 0 spiro atoms. The molecule has 0 saturated carbocycles. The van der Waals surface area contributed by atoms with Gasteiger partial charge in [-0.2, -0.15) is 0 Å². The lowest BCUT2D eigenvalue weighted by Crippen LogP contribution is -1.92. The summed E-state index contributed by atoms with van der Waals surface area (Å²) in [6.07, 6.45) is 0.887. The van der Waals surface area contributed by atoms with Gasteiger partial charge in [0.1, 0.15) is 0 Å². The van der Waals surface area contributed by atoms with Gasteiger partial charge in [0.2, 0.25) is 0 Å². The maximum absolute atomic E-state index is 4.53. The van der Waals surface area contributed by atoms with Crippen LogP contribution in [-0.2, 0) is 6.42 Å². The predicted octanol–water partition coefficient (Wildman–Crippen LogP) is 4.47. The Labute approximate surface area is 114 Å². The lowest BCUT2D eigenvalue weighted by atomic mass is 10.0. The van der Waals surface area contributed by atoms with Crippen molar-refractivity contribution >= 4 is 25.3 Å². The molecule has 0 aliphatic rings. The molecule has 17 heavy (non-hydrogen) atoms. The summed E-state index contributed by atoms with van der Waals surface area (Å²) >= 11 is 9.05. The smallest absolute Gasteiger partial charge is 0.00780 e. The van der Waals surface area contributed by atoms with Crippen LogP contribution in [-0.4, -0.2) is 0 Å². The highest BCUT2D eigenvalue weighted by atomic mass is 32.1. The van der Waals surface area contributed by atoms with E-state index in [-0.39, 0.29) is 0 Å². The Balaban J connectivity index is 2.31.